The molecule has 0 amide bonds. The lowest BCUT2D eigenvalue weighted by Crippen LogP contribution is -2.19. The molecule has 0 bridgehead atoms. The Morgan fingerprint density at radius 1 is 1.17 bits per heavy atom. The molecule has 0 radical (unpaired) electrons. The fourth-order valence-electron chi connectivity index (χ4n) is 3.51. The molecule has 1 aromatic carbocycles. The van der Waals surface area contributed by atoms with Crippen LogP contribution in [0.25, 0.3) is 16.8 Å². The fourth-order valence-corrected chi connectivity index (χ4v) is 3.79. The van der Waals surface area contributed by atoms with Gasteiger partial charge in [-0.25, -0.2) is 4.68 Å². The summed E-state index contributed by atoms with van der Waals surface area (Å²) in [5.74, 6) is 0.803. The van der Waals surface area contributed by atoms with Gasteiger partial charge in [-0.3, -0.25) is 4.79 Å². The summed E-state index contributed by atoms with van der Waals surface area (Å²) in [5.41, 5.74) is 3.04. The van der Waals surface area contributed by atoms with E-state index >= 15 is 0 Å². The average Bonchev–Trinajstić information content (AvgIpc) is 3.35. The number of aromatic nitrogens is 3. The predicted molar refractivity (Wildman–Crippen MR) is 116 cm³/mol. The third-order valence-corrected chi connectivity index (χ3v) is 6.10. The molecular formula is C23H26ClN3O2. The van der Waals surface area contributed by atoms with Crippen LogP contribution in [0.1, 0.15) is 39.5 Å². The number of halogens is 1. The number of nitrogens with zero attached hydrogens (tertiary/aromatic N) is 3. The summed E-state index contributed by atoms with van der Waals surface area (Å²) in [6, 6.07) is 9.18. The van der Waals surface area contributed by atoms with Crippen molar-refractivity contribution >= 4 is 11.6 Å². The summed E-state index contributed by atoms with van der Waals surface area (Å²) in [5, 5.41) is 5.09. The Balaban J connectivity index is 1.53. The third-order valence-electron chi connectivity index (χ3n) is 5.78. The molecule has 6 heteroatoms. The number of rotatable bonds is 8. The van der Waals surface area contributed by atoms with Crippen molar-refractivity contribution in [1.82, 2.24) is 14.3 Å². The maximum Gasteiger partial charge on any atom is 0.250 e. The van der Waals surface area contributed by atoms with Gasteiger partial charge in [0, 0.05) is 41.5 Å². The largest absolute Gasteiger partial charge is 0.493 e. The molecule has 1 aliphatic rings. The summed E-state index contributed by atoms with van der Waals surface area (Å²) in [6.45, 7) is 5.71. The van der Waals surface area contributed by atoms with E-state index in [9.17, 15) is 4.79 Å². The van der Waals surface area contributed by atoms with Gasteiger partial charge in [0.2, 0.25) is 0 Å². The highest BCUT2D eigenvalue weighted by Crippen LogP contribution is 2.48. The highest BCUT2D eigenvalue weighted by Gasteiger charge is 2.41. The summed E-state index contributed by atoms with van der Waals surface area (Å²) >= 11 is 6.54. The Labute approximate surface area is 175 Å². The lowest BCUT2D eigenvalue weighted by Gasteiger charge is -2.14. The van der Waals surface area contributed by atoms with Crippen molar-refractivity contribution in [2.75, 3.05) is 6.61 Å². The average molecular weight is 412 g/mol. The molecule has 1 fully saturated rings. The molecule has 0 N–H and O–H groups in total. The van der Waals surface area contributed by atoms with Gasteiger partial charge in [-0.15, -0.1) is 0 Å². The van der Waals surface area contributed by atoms with Crippen molar-refractivity contribution < 1.29 is 4.74 Å². The molecule has 2 aromatic heterocycles. The standard InChI is InChI=1S/C23H26ClN3O2/c1-3-11-26-15-18(5-8-22(26)28)27-14-17(13-25-27)20-7-6-19(12-21(20)24)29-16-23(4-2)9-10-23/h5-8,12-15H,3-4,9-11,16H2,1-2H3. The molecule has 0 atom stereocenters. The summed E-state index contributed by atoms with van der Waals surface area (Å²) in [4.78, 5) is 11.9. The Kier molecular flexibility index (Phi) is 5.50. The fraction of sp³-hybridized carbons (Fsp3) is 0.391. The summed E-state index contributed by atoms with van der Waals surface area (Å²) < 4.78 is 9.45. The van der Waals surface area contributed by atoms with Crippen LogP contribution in [-0.2, 0) is 6.54 Å². The topological polar surface area (TPSA) is 49.0 Å². The van der Waals surface area contributed by atoms with E-state index in [0.717, 1.165) is 42.0 Å². The first-order valence-electron chi connectivity index (χ1n) is 10.2. The van der Waals surface area contributed by atoms with Crippen molar-refractivity contribution in [2.24, 2.45) is 5.41 Å². The van der Waals surface area contributed by atoms with Crippen LogP contribution in [0.4, 0.5) is 0 Å². The molecule has 0 aliphatic heterocycles. The maximum atomic E-state index is 11.9. The lowest BCUT2D eigenvalue weighted by atomic mass is 10.1. The Morgan fingerprint density at radius 2 is 2.00 bits per heavy atom. The molecule has 5 nitrogen and oxygen atoms in total. The van der Waals surface area contributed by atoms with Crippen LogP contribution in [0, 0.1) is 5.41 Å². The number of hydrogen-bond donors (Lipinski definition) is 0. The summed E-state index contributed by atoms with van der Waals surface area (Å²) in [7, 11) is 0. The molecule has 0 unspecified atom stereocenters. The molecule has 0 spiro atoms. The highest BCUT2D eigenvalue weighted by atomic mass is 35.5. The van der Waals surface area contributed by atoms with E-state index in [1.165, 1.54) is 12.8 Å². The molecule has 1 aliphatic carbocycles. The number of benzene rings is 1. The van der Waals surface area contributed by atoms with Crippen LogP contribution in [0.2, 0.25) is 5.02 Å². The van der Waals surface area contributed by atoms with E-state index < -0.39 is 0 Å². The lowest BCUT2D eigenvalue weighted by molar-refractivity contribution is 0.230. The van der Waals surface area contributed by atoms with E-state index in [2.05, 4.69) is 12.0 Å². The maximum absolute atomic E-state index is 11.9. The van der Waals surface area contributed by atoms with E-state index in [0.29, 0.717) is 17.0 Å². The minimum atomic E-state index is -0.00216. The van der Waals surface area contributed by atoms with Crippen molar-refractivity contribution in [1.29, 1.82) is 0 Å². The van der Waals surface area contributed by atoms with Gasteiger partial charge in [-0.05, 0) is 49.9 Å². The van der Waals surface area contributed by atoms with Crippen molar-refractivity contribution in [3.05, 3.63) is 64.3 Å². The number of ether oxygens (including phenoxy) is 1. The quantitative estimate of drug-likeness (QED) is 0.503. The van der Waals surface area contributed by atoms with E-state index in [-0.39, 0.29) is 5.56 Å². The van der Waals surface area contributed by atoms with Gasteiger partial charge in [0.1, 0.15) is 5.75 Å². The van der Waals surface area contributed by atoms with Crippen LogP contribution in [0.15, 0.2) is 53.7 Å². The van der Waals surface area contributed by atoms with Crippen molar-refractivity contribution in [3.63, 3.8) is 0 Å². The van der Waals surface area contributed by atoms with Gasteiger partial charge in [0.25, 0.3) is 5.56 Å². The first-order chi connectivity index (χ1) is 14.0. The van der Waals surface area contributed by atoms with Crippen LogP contribution >= 0.6 is 11.6 Å². The first-order valence-corrected chi connectivity index (χ1v) is 10.6. The van der Waals surface area contributed by atoms with Gasteiger partial charge >= 0.3 is 0 Å². The van der Waals surface area contributed by atoms with Gasteiger partial charge < -0.3 is 9.30 Å². The molecule has 29 heavy (non-hydrogen) atoms. The minimum absolute atomic E-state index is 0.00216. The SMILES string of the molecule is CCCn1cc(-n2cc(-c3ccc(OCC4(CC)CC4)cc3Cl)cn2)ccc1=O. The highest BCUT2D eigenvalue weighted by molar-refractivity contribution is 6.33. The zero-order valence-electron chi connectivity index (χ0n) is 16.9. The third kappa shape index (κ3) is 4.25. The molecule has 4 rings (SSSR count). The van der Waals surface area contributed by atoms with Gasteiger partial charge in [0.05, 0.1) is 23.5 Å². The zero-order valence-corrected chi connectivity index (χ0v) is 17.7. The van der Waals surface area contributed by atoms with Crippen LogP contribution in [-0.4, -0.2) is 21.0 Å². The van der Waals surface area contributed by atoms with Crippen molar-refractivity contribution in [3.8, 4) is 22.6 Å². The Morgan fingerprint density at radius 3 is 2.69 bits per heavy atom. The van der Waals surface area contributed by atoms with Gasteiger partial charge in [0.15, 0.2) is 0 Å². The Hall–Kier alpha value is -2.53. The van der Waals surface area contributed by atoms with Crippen LogP contribution < -0.4 is 10.3 Å². The molecule has 2 heterocycles. The molecule has 152 valence electrons. The van der Waals surface area contributed by atoms with Gasteiger partial charge in [-0.1, -0.05) is 25.4 Å². The van der Waals surface area contributed by atoms with Gasteiger partial charge in [-0.2, -0.15) is 5.10 Å². The number of aryl methyl sites for hydroxylation is 1. The minimum Gasteiger partial charge on any atom is -0.493 e. The van der Waals surface area contributed by atoms with E-state index in [1.807, 2.05) is 37.5 Å². The molecule has 3 aromatic rings. The smallest absolute Gasteiger partial charge is 0.250 e. The number of pyridine rings is 1. The van der Waals surface area contributed by atoms with Crippen LogP contribution in [0.5, 0.6) is 5.75 Å². The van der Waals surface area contributed by atoms with E-state index in [4.69, 9.17) is 16.3 Å². The van der Waals surface area contributed by atoms with Crippen molar-refractivity contribution in [2.45, 2.75) is 46.1 Å². The zero-order chi connectivity index (χ0) is 20.4. The Bertz CT molecular complexity index is 1070. The second-order valence-corrected chi connectivity index (χ2v) is 8.28. The second kappa shape index (κ2) is 8.07. The predicted octanol–water partition coefficient (Wildman–Crippen LogP) is 5.33. The first kappa shape index (κ1) is 19.8. The second-order valence-electron chi connectivity index (χ2n) is 7.88. The number of hydrogen-bond acceptors (Lipinski definition) is 3. The molecular weight excluding hydrogens is 386 g/mol. The molecule has 1 saturated carbocycles. The van der Waals surface area contributed by atoms with Crippen LogP contribution in [0.3, 0.4) is 0 Å². The summed E-state index contributed by atoms with van der Waals surface area (Å²) in [6.07, 6.45) is 10.1. The van der Waals surface area contributed by atoms with E-state index in [1.54, 1.807) is 27.6 Å². The normalized spacial score (nSPS) is 14.7. The monoisotopic (exact) mass is 411 g/mol. The molecule has 0 saturated heterocycles.